The predicted molar refractivity (Wildman–Crippen MR) is 251 cm³/mol. The normalized spacial score (nSPS) is 14.1. The smallest absolute Gasteiger partial charge is 0.341 e. The third kappa shape index (κ3) is 13.1. The van der Waals surface area contributed by atoms with Crippen LogP contribution in [0.25, 0.3) is 0 Å². The van der Waals surface area contributed by atoms with E-state index in [-0.39, 0.29) is 24.0 Å². The molecule has 12 nitrogen and oxygen atoms in total. The van der Waals surface area contributed by atoms with E-state index in [9.17, 15) is 19.2 Å². The fourth-order valence-corrected chi connectivity index (χ4v) is 10.0. The maximum atomic E-state index is 13.1. The Bertz CT molecular complexity index is 1980. The molecule has 14 heteroatoms. The molecular formula is C48H66N6O6S2. The molecule has 62 heavy (non-hydrogen) atoms. The highest BCUT2D eigenvalue weighted by Crippen LogP contribution is 2.40. The molecule has 0 saturated heterocycles. The fourth-order valence-electron chi connectivity index (χ4n) is 7.51. The van der Waals surface area contributed by atoms with Gasteiger partial charge in [-0.1, -0.05) is 60.7 Å². The zero-order chi connectivity index (χ0) is 45.2. The van der Waals surface area contributed by atoms with Crippen molar-refractivity contribution in [2.75, 3.05) is 49.9 Å². The third-order valence-electron chi connectivity index (χ3n) is 10.5. The van der Waals surface area contributed by atoms with Gasteiger partial charge in [-0.05, 0) is 104 Å². The number of urea groups is 2. The topological polar surface area (TPSA) is 124 Å². The summed E-state index contributed by atoms with van der Waals surface area (Å²) in [5.74, 6) is -0.729. The predicted octanol–water partition coefficient (Wildman–Crippen LogP) is 10.3. The van der Waals surface area contributed by atoms with Crippen LogP contribution in [0.1, 0.15) is 122 Å². The molecule has 2 aliphatic rings. The Morgan fingerprint density at radius 3 is 1.23 bits per heavy atom. The number of anilines is 2. The number of amides is 4. The third-order valence-corrected chi connectivity index (χ3v) is 12.8. The Kier molecular flexibility index (Phi) is 16.8. The second-order valence-corrected chi connectivity index (χ2v) is 19.7. The number of thiophene rings is 2. The number of hydrogen-bond acceptors (Lipinski definition) is 10. The van der Waals surface area contributed by atoms with Crippen molar-refractivity contribution in [3.63, 3.8) is 0 Å². The maximum Gasteiger partial charge on any atom is 0.341 e. The Balaban J connectivity index is 0.000000234. The second kappa shape index (κ2) is 21.5. The number of nitrogens with one attached hydrogen (secondary N) is 2. The van der Waals surface area contributed by atoms with E-state index < -0.39 is 11.2 Å². The summed E-state index contributed by atoms with van der Waals surface area (Å²) in [5.41, 5.74) is 4.41. The average Bonchev–Trinajstić information content (AvgIpc) is 3.75. The Morgan fingerprint density at radius 1 is 0.581 bits per heavy atom. The van der Waals surface area contributed by atoms with E-state index in [1.54, 1.807) is 9.80 Å². The van der Waals surface area contributed by atoms with Crippen molar-refractivity contribution in [3.05, 3.63) is 104 Å². The molecule has 0 spiro atoms. The van der Waals surface area contributed by atoms with E-state index in [1.807, 2.05) is 81.4 Å². The number of nitrogens with zero attached hydrogens (tertiary/aromatic N) is 4. The van der Waals surface area contributed by atoms with Gasteiger partial charge in [0.25, 0.3) is 0 Å². The largest absolute Gasteiger partial charge is 0.456 e. The summed E-state index contributed by atoms with van der Waals surface area (Å²) in [6.07, 6.45) is 1.52. The lowest BCUT2D eigenvalue weighted by Crippen LogP contribution is -2.35. The van der Waals surface area contributed by atoms with Crippen molar-refractivity contribution in [3.8, 4) is 0 Å². The van der Waals surface area contributed by atoms with E-state index >= 15 is 0 Å². The molecular weight excluding hydrogens is 821 g/mol. The number of ether oxygens (including phenoxy) is 2. The lowest BCUT2D eigenvalue weighted by molar-refractivity contribution is 0.00567. The summed E-state index contributed by atoms with van der Waals surface area (Å²) in [6, 6.07) is 20.4. The Morgan fingerprint density at radius 2 is 0.919 bits per heavy atom. The monoisotopic (exact) mass is 886 g/mol. The number of hydrogen-bond donors (Lipinski definition) is 2. The second-order valence-electron chi connectivity index (χ2n) is 17.5. The number of rotatable bonds is 12. The summed E-state index contributed by atoms with van der Waals surface area (Å²) >= 11 is 2.99. The van der Waals surface area contributed by atoms with Gasteiger partial charge in [0.15, 0.2) is 0 Å². The molecule has 6 rings (SSSR count). The number of esters is 2. The van der Waals surface area contributed by atoms with Crippen molar-refractivity contribution in [1.82, 2.24) is 19.6 Å². The SMILES string of the molecule is CCN(CC)C(=O)Nc1sc2c(c1C(=O)OC(C)(C)C)CCN(Cc1ccccc1)C2.CCN(CC)C(=O)Nc1sc2c(c1C(=O)OC(C)(C)C)CCN(Cc1ccccc1)C2. The van der Waals surface area contributed by atoms with E-state index in [1.165, 1.54) is 33.8 Å². The van der Waals surface area contributed by atoms with Gasteiger partial charge in [0.1, 0.15) is 21.2 Å². The summed E-state index contributed by atoms with van der Waals surface area (Å²) in [6.45, 7) is 26.3. The van der Waals surface area contributed by atoms with Gasteiger partial charge in [-0.15, -0.1) is 22.7 Å². The summed E-state index contributed by atoms with van der Waals surface area (Å²) in [7, 11) is 0. The van der Waals surface area contributed by atoms with Crippen LogP contribution in [-0.4, -0.2) is 94.1 Å². The number of carbonyl (C=O) groups is 4. The molecule has 4 aromatic rings. The lowest BCUT2D eigenvalue weighted by Gasteiger charge is -2.27. The van der Waals surface area contributed by atoms with Gasteiger partial charge in [-0.25, -0.2) is 19.2 Å². The van der Waals surface area contributed by atoms with Gasteiger partial charge < -0.3 is 19.3 Å². The highest BCUT2D eigenvalue weighted by Gasteiger charge is 2.34. The average molecular weight is 887 g/mol. The molecule has 0 aliphatic carbocycles. The molecule has 0 unspecified atom stereocenters. The van der Waals surface area contributed by atoms with Crippen molar-refractivity contribution >= 4 is 56.7 Å². The van der Waals surface area contributed by atoms with Gasteiger partial charge in [0, 0.05) is 75.2 Å². The van der Waals surface area contributed by atoms with Crippen LogP contribution >= 0.6 is 22.7 Å². The van der Waals surface area contributed by atoms with Crippen molar-refractivity contribution < 1.29 is 28.7 Å². The standard InChI is InChI=1S/2C24H33N3O3S/c2*1-6-27(7-2)23(29)25-21-20(22(28)30-24(3,4)5)18-13-14-26(16-19(18)31-21)15-17-11-9-8-10-12-17/h2*8-12H,6-7,13-16H2,1-5H3,(H,25,29). The van der Waals surface area contributed by atoms with Gasteiger partial charge in [-0.2, -0.15) is 0 Å². The molecule has 4 heterocycles. The first-order valence-corrected chi connectivity index (χ1v) is 23.5. The van der Waals surface area contributed by atoms with Gasteiger partial charge in [-0.3, -0.25) is 20.4 Å². The van der Waals surface area contributed by atoms with Crippen LogP contribution in [0.3, 0.4) is 0 Å². The quantitative estimate of drug-likeness (QED) is 0.135. The fraction of sp³-hybridized carbons (Fsp3) is 0.500. The van der Waals surface area contributed by atoms with Crippen molar-refractivity contribution in [1.29, 1.82) is 0 Å². The molecule has 2 aromatic heterocycles. The zero-order valence-corrected chi connectivity index (χ0v) is 39.9. The Hall–Kier alpha value is -4.76. The molecule has 336 valence electrons. The Labute approximate surface area is 376 Å². The van der Waals surface area contributed by atoms with Crippen molar-refractivity contribution in [2.45, 2.75) is 119 Å². The molecule has 0 saturated carbocycles. The van der Waals surface area contributed by atoms with Gasteiger partial charge in [0.05, 0.1) is 11.1 Å². The van der Waals surface area contributed by atoms with Crippen molar-refractivity contribution in [2.24, 2.45) is 0 Å². The minimum atomic E-state index is -0.597. The number of benzene rings is 2. The van der Waals surface area contributed by atoms with E-state index in [2.05, 4.69) is 69.0 Å². The van der Waals surface area contributed by atoms with E-state index in [0.717, 1.165) is 73.0 Å². The molecule has 0 bridgehead atoms. The summed E-state index contributed by atoms with van der Waals surface area (Å²) in [5, 5.41) is 7.16. The first-order chi connectivity index (χ1) is 29.4. The minimum absolute atomic E-state index is 0.186. The first-order valence-electron chi connectivity index (χ1n) is 21.8. The first kappa shape index (κ1) is 48.3. The van der Waals surface area contributed by atoms with Gasteiger partial charge >= 0.3 is 24.0 Å². The molecule has 0 fully saturated rings. The van der Waals surface area contributed by atoms with Crippen LogP contribution in [0.2, 0.25) is 0 Å². The molecule has 0 radical (unpaired) electrons. The maximum absolute atomic E-state index is 13.1. The number of fused-ring (bicyclic) bond motifs is 2. The van der Waals surface area contributed by atoms with Crippen LogP contribution in [0.15, 0.2) is 60.7 Å². The highest BCUT2D eigenvalue weighted by molar-refractivity contribution is 7.17. The van der Waals surface area contributed by atoms with Crippen LogP contribution in [0.4, 0.5) is 19.6 Å². The molecule has 0 atom stereocenters. The van der Waals surface area contributed by atoms with Crippen LogP contribution in [0.5, 0.6) is 0 Å². The molecule has 2 aliphatic heterocycles. The summed E-state index contributed by atoms with van der Waals surface area (Å²) in [4.78, 5) is 62.0. The lowest BCUT2D eigenvalue weighted by atomic mass is 10.0. The van der Waals surface area contributed by atoms with Crippen LogP contribution in [-0.2, 0) is 48.5 Å². The zero-order valence-electron chi connectivity index (χ0n) is 38.3. The van der Waals surface area contributed by atoms with E-state index in [4.69, 9.17) is 9.47 Å². The van der Waals surface area contributed by atoms with Gasteiger partial charge in [0.2, 0.25) is 0 Å². The molecule has 2 N–H and O–H groups in total. The van der Waals surface area contributed by atoms with Crippen LogP contribution in [0, 0.1) is 0 Å². The van der Waals surface area contributed by atoms with Crippen LogP contribution < -0.4 is 10.6 Å². The minimum Gasteiger partial charge on any atom is -0.456 e. The summed E-state index contributed by atoms with van der Waals surface area (Å²) < 4.78 is 11.4. The highest BCUT2D eigenvalue weighted by atomic mass is 32.1. The molecule has 4 amide bonds. The molecule has 2 aromatic carbocycles. The number of carbonyl (C=O) groups excluding carboxylic acids is 4. The van der Waals surface area contributed by atoms with E-state index in [0.29, 0.717) is 47.3 Å².